The van der Waals surface area contributed by atoms with Gasteiger partial charge >= 0.3 is 5.69 Å². The number of pyridine rings is 1. The predicted molar refractivity (Wildman–Crippen MR) is 74.3 cm³/mol. The molecule has 2 heterocycles. The van der Waals surface area contributed by atoms with E-state index in [4.69, 9.17) is 0 Å². The molecule has 6 heteroatoms. The standard InChI is InChI=1S/C13H8BrN3O2/c14-9-3-8(5-15-6-9)12(18)7-1-2-10-11(4-7)17-13(19)16-10/h1-6H,(H2,16,17,19). The molecule has 2 aromatic heterocycles. The van der Waals surface area contributed by atoms with E-state index in [0.29, 0.717) is 22.2 Å². The first-order valence-corrected chi connectivity index (χ1v) is 6.30. The summed E-state index contributed by atoms with van der Waals surface area (Å²) in [6.45, 7) is 0. The third-order valence-corrected chi connectivity index (χ3v) is 3.18. The van der Waals surface area contributed by atoms with Crippen LogP contribution >= 0.6 is 15.9 Å². The lowest BCUT2D eigenvalue weighted by atomic mass is 10.0. The first-order valence-electron chi connectivity index (χ1n) is 5.51. The molecule has 0 bridgehead atoms. The van der Waals surface area contributed by atoms with E-state index >= 15 is 0 Å². The fourth-order valence-electron chi connectivity index (χ4n) is 1.88. The van der Waals surface area contributed by atoms with E-state index in [0.717, 1.165) is 4.47 Å². The van der Waals surface area contributed by atoms with Gasteiger partial charge in [0.2, 0.25) is 0 Å². The van der Waals surface area contributed by atoms with Crippen LogP contribution in [0.2, 0.25) is 0 Å². The quantitative estimate of drug-likeness (QED) is 0.711. The Kier molecular flexibility index (Phi) is 2.79. The third-order valence-electron chi connectivity index (χ3n) is 2.75. The lowest BCUT2D eigenvalue weighted by Gasteiger charge is -2.01. The van der Waals surface area contributed by atoms with Crippen LogP contribution in [-0.2, 0) is 0 Å². The van der Waals surface area contributed by atoms with Crippen LogP contribution in [0.5, 0.6) is 0 Å². The van der Waals surface area contributed by atoms with Gasteiger partial charge in [-0.1, -0.05) is 0 Å². The molecular formula is C13H8BrN3O2. The van der Waals surface area contributed by atoms with Gasteiger partial charge in [-0.2, -0.15) is 0 Å². The summed E-state index contributed by atoms with van der Waals surface area (Å²) in [5.41, 5.74) is 1.99. The van der Waals surface area contributed by atoms with Crippen LogP contribution in [0.25, 0.3) is 11.0 Å². The molecule has 3 rings (SSSR count). The summed E-state index contributed by atoms with van der Waals surface area (Å²) < 4.78 is 0.745. The number of carbonyl (C=O) groups is 1. The summed E-state index contributed by atoms with van der Waals surface area (Å²) in [6, 6.07) is 6.73. The number of carbonyl (C=O) groups excluding carboxylic acids is 1. The zero-order valence-electron chi connectivity index (χ0n) is 9.61. The molecule has 5 nitrogen and oxygen atoms in total. The molecule has 2 N–H and O–H groups in total. The van der Waals surface area contributed by atoms with Crippen molar-refractivity contribution in [2.45, 2.75) is 0 Å². The molecule has 94 valence electrons. The number of halogens is 1. The summed E-state index contributed by atoms with van der Waals surface area (Å²) in [5.74, 6) is -0.141. The molecule has 0 radical (unpaired) electrons. The van der Waals surface area contributed by atoms with Gasteiger partial charge in [0.15, 0.2) is 5.78 Å². The molecule has 0 atom stereocenters. The minimum atomic E-state index is -0.288. The Labute approximate surface area is 115 Å². The van der Waals surface area contributed by atoms with E-state index in [9.17, 15) is 9.59 Å². The van der Waals surface area contributed by atoms with Crippen molar-refractivity contribution >= 4 is 32.7 Å². The molecule has 1 aromatic carbocycles. The lowest BCUT2D eigenvalue weighted by molar-refractivity contribution is 0.103. The zero-order chi connectivity index (χ0) is 13.4. The molecule has 0 saturated carbocycles. The number of fused-ring (bicyclic) bond motifs is 1. The van der Waals surface area contributed by atoms with Gasteiger partial charge in [-0.25, -0.2) is 4.79 Å². The van der Waals surface area contributed by atoms with E-state index < -0.39 is 0 Å². The highest BCUT2D eigenvalue weighted by molar-refractivity contribution is 9.10. The van der Waals surface area contributed by atoms with Crippen LogP contribution in [0.3, 0.4) is 0 Å². The van der Waals surface area contributed by atoms with E-state index in [2.05, 4.69) is 30.9 Å². The molecule has 19 heavy (non-hydrogen) atoms. The van der Waals surface area contributed by atoms with Crippen molar-refractivity contribution in [3.63, 3.8) is 0 Å². The Hall–Kier alpha value is -2.21. The number of hydrogen-bond donors (Lipinski definition) is 2. The third kappa shape index (κ3) is 2.22. The highest BCUT2D eigenvalue weighted by Gasteiger charge is 2.11. The number of hydrogen-bond acceptors (Lipinski definition) is 3. The van der Waals surface area contributed by atoms with E-state index in [1.54, 1.807) is 30.5 Å². The Bertz CT molecular complexity index is 835. The summed E-state index contributed by atoms with van der Waals surface area (Å²) >= 11 is 3.28. The number of nitrogens with one attached hydrogen (secondary N) is 2. The van der Waals surface area contributed by atoms with Crippen LogP contribution in [0.4, 0.5) is 0 Å². The molecule has 0 amide bonds. The monoisotopic (exact) mass is 317 g/mol. The van der Waals surface area contributed by atoms with Gasteiger partial charge in [0.05, 0.1) is 11.0 Å². The number of ketones is 1. The molecule has 0 saturated heterocycles. The normalized spacial score (nSPS) is 10.8. The van der Waals surface area contributed by atoms with Crippen molar-refractivity contribution in [2.24, 2.45) is 0 Å². The van der Waals surface area contributed by atoms with Gasteiger partial charge in [-0.3, -0.25) is 9.78 Å². The molecule has 0 aliphatic rings. The molecule has 0 aliphatic heterocycles. The summed E-state index contributed by atoms with van der Waals surface area (Å²) in [6.07, 6.45) is 3.13. The van der Waals surface area contributed by atoms with Gasteiger partial charge in [-0.05, 0) is 40.2 Å². The Morgan fingerprint density at radius 1 is 1.05 bits per heavy atom. The molecule has 0 aliphatic carbocycles. The summed E-state index contributed by atoms with van der Waals surface area (Å²) in [5, 5.41) is 0. The van der Waals surface area contributed by atoms with E-state index in [-0.39, 0.29) is 11.5 Å². The Balaban J connectivity index is 2.08. The van der Waals surface area contributed by atoms with Crippen molar-refractivity contribution in [3.8, 4) is 0 Å². The summed E-state index contributed by atoms with van der Waals surface area (Å²) in [4.78, 5) is 32.7. The van der Waals surface area contributed by atoms with Crippen molar-refractivity contribution in [3.05, 3.63) is 62.7 Å². The molecule has 3 aromatic rings. The van der Waals surface area contributed by atoms with Crippen molar-refractivity contribution < 1.29 is 4.79 Å². The fraction of sp³-hybridized carbons (Fsp3) is 0. The number of rotatable bonds is 2. The highest BCUT2D eigenvalue weighted by Crippen LogP contribution is 2.16. The van der Waals surface area contributed by atoms with Crippen molar-refractivity contribution in [2.75, 3.05) is 0 Å². The largest absolute Gasteiger partial charge is 0.323 e. The number of aromatic amines is 2. The predicted octanol–water partition coefficient (Wildman–Crippen LogP) is 2.24. The van der Waals surface area contributed by atoms with Crippen molar-refractivity contribution in [1.82, 2.24) is 15.0 Å². The minimum Gasteiger partial charge on any atom is -0.306 e. The molecule has 0 fully saturated rings. The highest BCUT2D eigenvalue weighted by atomic mass is 79.9. The van der Waals surface area contributed by atoms with Gasteiger partial charge < -0.3 is 9.97 Å². The molecule has 0 unspecified atom stereocenters. The first-order chi connectivity index (χ1) is 9.13. The second-order valence-corrected chi connectivity index (χ2v) is 4.98. The Morgan fingerprint density at radius 3 is 2.63 bits per heavy atom. The second kappa shape index (κ2) is 4.47. The van der Waals surface area contributed by atoms with E-state index in [1.165, 1.54) is 6.20 Å². The molecule has 0 spiro atoms. The van der Waals surface area contributed by atoms with Crippen LogP contribution in [0, 0.1) is 0 Å². The van der Waals surface area contributed by atoms with E-state index in [1.807, 2.05) is 0 Å². The minimum absolute atomic E-state index is 0.141. The van der Waals surface area contributed by atoms with Crippen LogP contribution < -0.4 is 5.69 Å². The second-order valence-electron chi connectivity index (χ2n) is 4.06. The smallest absolute Gasteiger partial charge is 0.306 e. The topological polar surface area (TPSA) is 78.6 Å². The summed E-state index contributed by atoms with van der Waals surface area (Å²) in [7, 11) is 0. The average Bonchev–Trinajstić information content (AvgIpc) is 2.76. The maximum absolute atomic E-state index is 12.3. The van der Waals surface area contributed by atoms with Crippen LogP contribution in [0.15, 0.2) is 45.9 Å². The average molecular weight is 318 g/mol. The Morgan fingerprint density at radius 2 is 1.84 bits per heavy atom. The SMILES string of the molecule is O=C(c1cncc(Br)c1)c1ccc2[nH]c(=O)[nH]c2c1. The number of aromatic nitrogens is 3. The number of imidazole rings is 1. The number of H-pyrrole nitrogens is 2. The fourth-order valence-corrected chi connectivity index (χ4v) is 2.24. The van der Waals surface area contributed by atoms with Crippen LogP contribution in [-0.4, -0.2) is 20.7 Å². The van der Waals surface area contributed by atoms with Gasteiger partial charge in [0.1, 0.15) is 0 Å². The van der Waals surface area contributed by atoms with Gasteiger partial charge in [-0.15, -0.1) is 0 Å². The number of benzene rings is 1. The van der Waals surface area contributed by atoms with Gasteiger partial charge in [0.25, 0.3) is 0 Å². The van der Waals surface area contributed by atoms with Crippen LogP contribution in [0.1, 0.15) is 15.9 Å². The zero-order valence-corrected chi connectivity index (χ0v) is 11.2. The maximum Gasteiger partial charge on any atom is 0.323 e. The lowest BCUT2D eigenvalue weighted by Crippen LogP contribution is -2.01. The first kappa shape index (κ1) is 11.9. The molecular weight excluding hydrogens is 310 g/mol. The number of nitrogens with zero attached hydrogens (tertiary/aromatic N) is 1. The maximum atomic E-state index is 12.3. The van der Waals surface area contributed by atoms with Crippen molar-refractivity contribution in [1.29, 1.82) is 0 Å². The van der Waals surface area contributed by atoms with Gasteiger partial charge in [0, 0.05) is 28.0 Å².